The molecule has 1 rings (SSSR count). The Bertz CT molecular complexity index is 179. The van der Waals surface area contributed by atoms with Crippen LogP contribution in [0.4, 0.5) is 0 Å². The topological polar surface area (TPSA) is 20.2 Å². The fourth-order valence-corrected chi connectivity index (χ4v) is 1.73. The van der Waals surface area contributed by atoms with Gasteiger partial charge in [-0.3, -0.25) is 0 Å². The first-order valence-corrected chi connectivity index (χ1v) is 4.83. The number of aliphatic hydroxyl groups is 1. The molecular formula is C11H20O. The van der Waals surface area contributed by atoms with Crippen LogP contribution in [-0.4, -0.2) is 11.7 Å². The van der Waals surface area contributed by atoms with Crippen molar-refractivity contribution in [2.75, 3.05) is 6.61 Å². The highest BCUT2D eigenvalue weighted by Crippen LogP contribution is 2.54. The van der Waals surface area contributed by atoms with Gasteiger partial charge in [0.1, 0.15) is 0 Å². The van der Waals surface area contributed by atoms with Crippen molar-refractivity contribution in [3.05, 3.63) is 11.6 Å². The molecule has 1 aliphatic rings. The summed E-state index contributed by atoms with van der Waals surface area (Å²) in [7, 11) is 0. The lowest BCUT2D eigenvalue weighted by atomic mass is 10.0. The Hall–Kier alpha value is -0.300. The van der Waals surface area contributed by atoms with Crippen molar-refractivity contribution < 1.29 is 5.11 Å². The average molecular weight is 168 g/mol. The van der Waals surface area contributed by atoms with Gasteiger partial charge < -0.3 is 5.11 Å². The maximum Gasteiger partial charge on any atom is 0.0614 e. The lowest BCUT2D eigenvalue weighted by Gasteiger charge is -2.03. The quantitative estimate of drug-likeness (QED) is 0.640. The summed E-state index contributed by atoms with van der Waals surface area (Å²) in [5, 5.41) is 8.64. The summed E-state index contributed by atoms with van der Waals surface area (Å²) >= 11 is 0. The molecule has 0 heterocycles. The highest BCUT2D eigenvalue weighted by molar-refractivity contribution is 5.02. The minimum Gasteiger partial charge on any atom is -0.392 e. The van der Waals surface area contributed by atoms with Crippen LogP contribution < -0.4 is 0 Å². The molecule has 0 bridgehead atoms. The van der Waals surface area contributed by atoms with Crippen LogP contribution in [0.25, 0.3) is 0 Å². The van der Waals surface area contributed by atoms with Crippen molar-refractivity contribution in [2.24, 2.45) is 11.3 Å². The van der Waals surface area contributed by atoms with Gasteiger partial charge in [0, 0.05) is 0 Å². The van der Waals surface area contributed by atoms with Gasteiger partial charge in [-0.15, -0.1) is 0 Å². The van der Waals surface area contributed by atoms with Crippen LogP contribution in [0.15, 0.2) is 11.6 Å². The second kappa shape index (κ2) is 3.61. The predicted molar refractivity (Wildman–Crippen MR) is 52.0 cm³/mol. The third-order valence-electron chi connectivity index (χ3n) is 3.04. The van der Waals surface area contributed by atoms with E-state index in [0.717, 1.165) is 12.3 Å². The van der Waals surface area contributed by atoms with E-state index in [2.05, 4.69) is 20.8 Å². The van der Waals surface area contributed by atoms with E-state index in [1.807, 2.05) is 6.08 Å². The van der Waals surface area contributed by atoms with Gasteiger partial charge in [0.05, 0.1) is 6.61 Å². The Balaban J connectivity index is 2.15. The zero-order valence-electron chi connectivity index (χ0n) is 8.43. The molecule has 1 heteroatoms. The van der Waals surface area contributed by atoms with Crippen molar-refractivity contribution in [2.45, 2.75) is 40.0 Å². The highest BCUT2D eigenvalue weighted by atomic mass is 16.2. The Labute approximate surface area is 75.5 Å². The molecule has 0 aromatic carbocycles. The van der Waals surface area contributed by atoms with E-state index in [1.54, 1.807) is 0 Å². The van der Waals surface area contributed by atoms with E-state index < -0.39 is 0 Å². The number of hydrogen-bond acceptors (Lipinski definition) is 1. The Kier molecular flexibility index (Phi) is 2.94. The summed E-state index contributed by atoms with van der Waals surface area (Å²) in [6, 6.07) is 0. The fourth-order valence-electron chi connectivity index (χ4n) is 1.73. The minimum absolute atomic E-state index is 0.194. The zero-order valence-corrected chi connectivity index (χ0v) is 8.43. The second-order valence-electron chi connectivity index (χ2n) is 4.66. The van der Waals surface area contributed by atoms with E-state index in [1.165, 1.54) is 18.4 Å². The smallest absolute Gasteiger partial charge is 0.0614 e. The summed E-state index contributed by atoms with van der Waals surface area (Å²) in [5.41, 5.74) is 1.94. The molecule has 1 nitrogen and oxygen atoms in total. The summed E-state index contributed by atoms with van der Waals surface area (Å²) < 4.78 is 0. The molecule has 1 atom stereocenters. The normalized spacial score (nSPS) is 27.3. The van der Waals surface area contributed by atoms with E-state index in [9.17, 15) is 0 Å². The number of rotatable bonds is 4. The SMILES string of the molecule is CC(=CCO)CCC1CC1(C)C. The molecule has 0 amide bonds. The van der Waals surface area contributed by atoms with Crippen molar-refractivity contribution >= 4 is 0 Å². The van der Waals surface area contributed by atoms with Crippen LogP contribution in [0.1, 0.15) is 40.0 Å². The molecule has 0 aliphatic heterocycles. The van der Waals surface area contributed by atoms with Crippen LogP contribution in [0, 0.1) is 11.3 Å². The lowest BCUT2D eigenvalue weighted by molar-refractivity contribution is 0.341. The van der Waals surface area contributed by atoms with Crippen LogP contribution in [0.5, 0.6) is 0 Å². The van der Waals surface area contributed by atoms with Gasteiger partial charge in [-0.2, -0.15) is 0 Å². The van der Waals surface area contributed by atoms with Crippen molar-refractivity contribution in [3.8, 4) is 0 Å². The molecule has 1 unspecified atom stereocenters. The average Bonchev–Trinajstić information content (AvgIpc) is 2.56. The summed E-state index contributed by atoms with van der Waals surface area (Å²) in [6.07, 6.45) is 5.76. The Morgan fingerprint density at radius 1 is 1.58 bits per heavy atom. The van der Waals surface area contributed by atoms with Gasteiger partial charge >= 0.3 is 0 Å². The number of hydrogen-bond donors (Lipinski definition) is 1. The summed E-state index contributed by atoms with van der Waals surface area (Å²) in [5.74, 6) is 0.930. The largest absolute Gasteiger partial charge is 0.392 e. The first kappa shape index (κ1) is 9.79. The van der Waals surface area contributed by atoms with Gasteiger partial charge in [0.15, 0.2) is 0 Å². The molecule has 70 valence electrons. The predicted octanol–water partition coefficient (Wildman–Crippen LogP) is 2.75. The minimum atomic E-state index is 0.194. The summed E-state index contributed by atoms with van der Waals surface area (Å²) in [4.78, 5) is 0. The lowest BCUT2D eigenvalue weighted by Crippen LogP contribution is -1.91. The van der Waals surface area contributed by atoms with E-state index in [4.69, 9.17) is 5.11 Å². The fraction of sp³-hybridized carbons (Fsp3) is 0.818. The molecule has 0 saturated heterocycles. The number of allylic oxidation sites excluding steroid dienone is 1. The van der Waals surface area contributed by atoms with E-state index in [-0.39, 0.29) is 6.61 Å². The van der Waals surface area contributed by atoms with Crippen LogP contribution >= 0.6 is 0 Å². The molecule has 0 aromatic heterocycles. The van der Waals surface area contributed by atoms with Crippen LogP contribution in [0.2, 0.25) is 0 Å². The first-order chi connectivity index (χ1) is 5.56. The zero-order chi connectivity index (χ0) is 9.19. The second-order valence-corrected chi connectivity index (χ2v) is 4.66. The van der Waals surface area contributed by atoms with Crippen molar-refractivity contribution in [3.63, 3.8) is 0 Å². The molecule has 0 radical (unpaired) electrons. The maximum atomic E-state index is 8.64. The van der Waals surface area contributed by atoms with Gasteiger partial charge in [-0.25, -0.2) is 0 Å². The molecule has 12 heavy (non-hydrogen) atoms. The third-order valence-corrected chi connectivity index (χ3v) is 3.04. The molecule has 1 saturated carbocycles. The van der Waals surface area contributed by atoms with E-state index >= 15 is 0 Å². The highest BCUT2D eigenvalue weighted by Gasteiger charge is 2.44. The molecule has 1 N–H and O–H groups in total. The molecule has 1 fully saturated rings. The van der Waals surface area contributed by atoms with Gasteiger partial charge in [-0.05, 0) is 37.5 Å². The van der Waals surface area contributed by atoms with Crippen molar-refractivity contribution in [1.29, 1.82) is 0 Å². The maximum absolute atomic E-state index is 8.64. The van der Waals surface area contributed by atoms with Gasteiger partial charge in [0.2, 0.25) is 0 Å². The first-order valence-electron chi connectivity index (χ1n) is 4.83. The molecule has 0 aromatic rings. The third kappa shape index (κ3) is 2.63. The Morgan fingerprint density at radius 2 is 2.17 bits per heavy atom. The van der Waals surface area contributed by atoms with Crippen molar-refractivity contribution in [1.82, 2.24) is 0 Å². The van der Waals surface area contributed by atoms with Gasteiger partial charge in [0.25, 0.3) is 0 Å². The van der Waals surface area contributed by atoms with Gasteiger partial charge in [-0.1, -0.05) is 25.5 Å². The van der Waals surface area contributed by atoms with E-state index in [0.29, 0.717) is 5.41 Å². The standard InChI is InChI=1S/C11H20O/c1-9(6-7-12)4-5-10-8-11(10,2)3/h6,10,12H,4-5,7-8H2,1-3H3. The monoisotopic (exact) mass is 168 g/mol. The summed E-state index contributed by atoms with van der Waals surface area (Å²) in [6.45, 7) is 6.97. The molecular weight excluding hydrogens is 148 g/mol. The molecule has 1 aliphatic carbocycles. The van der Waals surface area contributed by atoms with Crippen LogP contribution in [0.3, 0.4) is 0 Å². The van der Waals surface area contributed by atoms with Crippen LogP contribution in [-0.2, 0) is 0 Å². The molecule has 0 spiro atoms. The Morgan fingerprint density at radius 3 is 2.58 bits per heavy atom. The number of aliphatic hydroxyl groups excluding tert-OH is 1.